The quantitative estimate of drug-likeness (QED) is 0.332. The Hall–Kier alpha value is -2.34. The largest absolute Gasteiger partial charge is 0.374 e. The molecule has 0 bridgehead atoms. The van der Waals surface area contributed by atoms with E-state index in [1.54, 1.807) is 0 Å². The van der Waals surface area contributed by atoms with Crippen molar-refractivity contribution < 1.29 is 4.74 Å². The highest BCUT2D eigenvalue weighted by Gasteiger charge is 2.04. The molecule has 28 heavy (non-hydrogen) atoms. The Labute approximate surface area is 169 Å². The van der Waals surface area contributed by atoms with Crippen LogP contribution in [0.25, 0.3) is 0 Å². The third-order valence-corrected chi connectivity index (χ3v) is 4.60. The van der Waals surface area contributed by atoms with Crippen LogP contribution in [0.5, 0.6) is 0 Å². The van der Waals surface area contributed by atoms with E-state index in [4.69, 9.17) is 4.74 Å². The lowest BCUT2D eigenvalue weighted by molar-refractivity contribution is 0.0652. The fourth-order valence-corrected chi connectivity index (χ4v) is 2.93. The van der Waals surface area contributed by atoms with Gasteiger partial charge in [0.1, 0.15) is 5.82 Å². The summed E-state index contributed by atoms with van der Waals surface area (Å²) in [5, 5.41) is 6.72. The van der Waals surface area contributed by atoms with Crippen LogP contribution in [-0.2, 0) is 11.3 Å². The maximum absolute atomic E-state index is 5.91. The number of unbranched alkanes of at least 4 members (excludes halogenated alkanes) is 1. The van der Waals surface area contributed by atoms with E-state index in [1.807, 2.05) is 37.5 Å². The summed E-state index contributed by atoms with van der Waals surface area (Å²) in [6.45, 7) is 10.5. The van der Waals surface area contributed by atoms with Gasteiger partial charge in [-0.3, -0.25) is 4.99 Å². The van der Waals surface area contributed by atoms with Crippen molar-refractivity contribution in [2.45, 2.75) is 52.7 Å². The highest BCUT2D eigenvalue weighted by molar-refractivity contribution is 5.79. The first kappa shape index (κ1) is 22.0. The van der Waals surface area contributed by atoms with Crippen LogP contribution in [-0.4, -0.2) is 41.8 Å². The number of aryl methyl sites for hydroxylation is 2. The summed E-state index contributed by atoms with van der Waals surface area (Å²) >= 11 is 0. The van der Waals surface area contributed by atoms with Gasteiger partial charge in [0, 0.05) is 45.2 Å². The molecule has 0 amide bonds. The van der Waals surface area contributed by atoms with Crippen LogP contribution in [0.4, 0.5) is 0 Å². The summed E-state index contributed by atoms with van der Waals surface area (Å²) in [5.74, 6) is 1.96. The Bertz CT molecular complexity index is 683. The molecule has 0 spiro atoms. The van der Waals surface area contributed by atoms with Gasteiger partial charge in [0.2, 0.25) is 0 Å². The zero-order valence-corrected chi connectivity index (χ0v) is 17.5. The predicted octanol–water partition coefficient (Wildman–Crippen LogP) is 3.69. The third-order valence-electron chi connectivity index (χ3n) is 4.60. The van der Waals surface area contributed by atoms with Crippen LogP contribution >= 0.6 is 0 Å². The normalized spacial score (nSPS) is 12.8. The second-order valence-corrected chi connectivity index (χ2v) is 6.84. The molecule has 2 rings (SSSR count). The molecular formula is C22H35N5O. The monoisotopic (exact) mass is 385 g/mol. The van der Waals surface area contributed by atoms with Gasteiger partial charge in [0.15, 0.2) is 5.96 Å². The molecule has 0 radical (unpaired) electrons. The highest BCUT2D eigenvalue weighted by Crippen LogP contribution is 2.15. The fraction of sp³-hybridized carbons (Fsp3) is 0.545. The van der Waals surface area contributed by atoms with E-state index in [0.29, 0.717) is 6.61 Å². The fourth-order valence-electron chi connectivity index (χ4n) is 2.93. The van der Waals surface area contributed by atoms with Gasteiger partial charge in [-0.2, -0.15) is 0 Å². The zero-order chi connectivity index (χ0) is 20.0. The number of nitrogens with zero attached hydrogens (tertiary/aromatic N) is 3. The van der Waals surface area contributed by atoms with Gasteiger partial charge in [0.05, 0.1) is 6.10 Å². The van der Waals surface area contributed by atoms with Crippen LogP contribution in [0, 0.1) is 6.92 Å². The Morgan fingerprint density at radius 1 is 1.18 bits per heavy atom. The topological polar surface area (TPSA) is 63.5 Å². The van der Waals surface area contributed by atoms with Gasteiger partial charge in [-0.15, -0.1) is 0 Å². The molecule has 2 N–H and O–H groups in total. The van der Waals surface area contributed by atoms with E-state index >= 15 is 0 Å². The first-order valence-electron chi connectivity index (χ1n) is 10.4. The molecular weight excluding hydrogens is 350 g/mol. The van der Waals surface area contributed by atoms with Crippen molar-refractivity contribution in [1.29, 1.82) is 0 Å². The van der Waals surface area contributed by atoms with E-state index in [9.17, 15) is 0 Å². The van der Waals surface area contributed by atoms with Gasteiger partial charge in [-0.1, -0.05) is 30.3 Å². The molecule has 0 aliphatic rings. The number of benzene rings is 1. The van der Waals surface area contributed by atoms with Crippen molar-refractivity contribution in [2.24, 2.45) is 4.99 Å². The molecule has 0 aliphatic heterocycles. The maximum atomic E-state index is 5.91. The minimum Gasteiger partial charge on any atom is -0.374 e. The molecule has 1 unspecified atom stereocenters. The first-order chi connectivity index (χ1) is 13.7. The number of imidazole rings is 1. The number of guanidine groups is 1. The van der Waals surface area contributed by atoms with Gasteiger partial charge in [0.25, 0.3) is 0 Å². The minimum atomic E-state index is 0.121. The number of hydrogen-bond donors (Lipinski definition) is 2. The summed E-state index contributed by atoms with van der Waals surface area (Å²) in [4.78, 5) is 8.90. The van der Waals surface area contributed by atoms with Gasteiger partial charge < -0.3 is 19.9 Å². The van der Waals surface area contributed by atoms with Crippen molar-refractivity contribution in [1.82, 2.24) is 20.2 Å². The lowest BCUT2D eigenvalue weighted by Gasteiger charge is -2.13. The molecule has 6 nitrogen and oxygen atoms in total. The molecule has 0 aliphatic carbocycles. The lowest BCUT2D eigenvalue weighted by atomic mass is 10.1. The van der Waals surface area contributed by atoms with Crippen molar-refractivity contribution in [3.63, 3.8) is 0 Å². The number of rotatable bonds is 12. The van der Waals surface area contributed by atoms with E-state index in [0.717, 1.165) is 57.2 Å². The number of ether oxygens (including phenoxy) is 1. The molecule has 2 aromatic rings. The molecule has 1 heterocycles. The molecule has 1 aromatic heterocycles. The first-order valence-corrected chi connectivity index (χ1v) is 10.4. The molecule has 1 atom stereocenters. The summed E-state index contributed by atoms with van der Waals surface area (Å²) in [6.07, 6.45) is 7.14. The lowest BCUT2D eigenvalue weighted by Crippen LogP contribution is -2.38. The maximum Gasteiger partial charge on any atom is 0.191 e. The van der Waals surface area contributed by atoms with E-state index < -0.39 is 0 Å². The second-order valence-electron chi connectivity index (χ2n) is 6.84. The predicted molar refractivity (Wildman–Crippen MR) is 116 cm³/mol. The Morgan fingerprint density at radius 2 is 2.00 bits per heavy atom. The van der Waals surface area contributed by atoms with Gasteiger partial charge >= 0.3 is 0 Å². The van der Waals surface area contributed by atoms with Gasteiger partial charge in [-0.05, 0) is 45.6 Å². The molecule has 0 fully saturated rings. The van der Waals surface area contributed by atoms with E-state index in [-0.39, 0.29) is 6.10 Å². The highest BCUT2D eigenvalue weighted by atomic mass is 16.5. The number of aliphatic imine (C=N–C) groups is 1. The second kappa shape index (κ2) is 12.9. The van der Waals surface area contributed by atoms with Crippen molar-refractivity contribution >= 4 is 5.96 Å². The Kier molecular flexibility index (Phi) is 10.1. The minimum absolute atomic E-state index is 0.121. The van der Waals surface area contributed by atoms with Gasteiger partial charge in [-0.25, -0.2) is 4.98 Å². The molecule has 0 saturated carbocycles. The van der Waals surface area contributed by atoms with Crippen LogP contribution in [0.2, 0.25) is 0 Å². The molecule has 1 aromatic carbocycles. The standard InChI is InChI=1S/C22H35N5O/c1-4-23-22(25-13-8-9-16-27-17-15-24-20(27)3)26-14-10-18-28-19(2)21-11-6-5-7-12-21/h5-7,11-12,15,17,19H,4,8-10,13-14,16,18H2,1-3H3,(H2,23,25,26). The summed E-state index contributed by atoms with van der Waals surface area (Å²) in [7, 11) is 0. The van der Waals surface area contributed by atoms with Crippen LogP contribution < -0.4 is 10.6 Å². The van der Waals surface area contributed by atoms with Crippen LogP contribution in [0.1, 0.15) is 50.6 Å². The third kappa shape index (κ3) is 8.13. The zero-order valence-electron chi connectivity index (χ0n) is 17.5. The smallest absolute Gasteiger partial charge is 0.191 e. The molecule has 0 saturated heterocycles. The molecule has 154 valence electrons. The van der Waals surface area contributed by atoms with Crippen LogP contribution in [0.15, 0.2) is 47.7 Å². The summed E-state index contributed by atoms with van der Waals surface area (Å²) in [5.41, 5.74) is 1.21. The average Bonchev–Trinajstić information content (AvgIpc) is 3.12. The average molecular weight is 386 g/mol. The number of nitrogens with one attached hydrogen (secondary N) is 2. The van der Waals surface area contributed by atoms with Crippen molar-refractivity contribution in [3.8, 4) is 0 Å². The number of hydrogen-bond acceptors (Lipinski definition) is 3. The van der Waals surface area contributed by atoms with Crippen LogP contribution in [0.3, 0.4) is 0 Å². The summed E-state index contributed by atoms with van der Waals surface area (Å²) < 4.78 is 8.10. The van der Waals surface area contributed by atoms with E-state index in [2.05, 4.69) is 51.2 Å². The molecule has 6 heteroatoms. The number of aromatic nitrogens is 2. The summed E-state index contributed by atoms with van der Waals surface area (Å²) in [6, 6.07) is 10.3. The SMILES string of the molecule is CCNC(=NCCCOC(C)c1ccccc1)NCCCCn1ccnc1C. The Morgan fingerprint density at radius 3 is 2.71 bits per heavy atom. The Balaban J connectivity index is 1.59. The van der Waals surface area contributed by atoms with Crippen molar-refractivity contribution in [3.05, 3.63) is 54.1 Å². The van der Waals surface area contributed by atoms with E-state index in [1.165, 1.54) is 5.56 Å². The van der Waals surface area contributed by atoms with Crippen molar-refractivity contribution in [2.75, 3.05) is 26.2 Å².